The summed E-state index contributed by atoms with van der Waals surface area (Å²) in [5.74, 6) is 1.90. The van der Waals surface area contributed by atoms with E-state index in [9.17, 15) is 0 Å². The minimum absolute atomic E-state index is 0.112. The molecule has 0 radical (unpaired) electrons. The van der Waals surface area contributed by atoms with E-state index in [2.05, 4.69) is 65.2 Å². The van der Waals surface area contributed by atoms with Crippen LogP contribution in [0.4, 0.5) is 0 Å². The molecule has 4 rings (SSSR count). The largest absolute Gasteiger partial charge is 0.494 e. The Morgan fingerprint density at radius 1 is 1.06 bits per heavy atom. The Morgan fingerprint density at radius 3 is 2.35 bits per heavy atom. The number of hydrogen-bond donors (Lipinski definition) is 2. The molecule has 1 aliphatic heterocycles. The first kappa shape index (κ1) is 22.2. The van der Waals surface area contributed by atoms with Crippen LogP contribution in [0.2, 0.25) is 0 Å². The van der Waals surface area contributed by atoms with Gasteiger partial charge >= 0.3 is 0 Å². The zero-order valence-electron chi connectivity index (χ0n) is 19.7. The lowest BCUT2D eigenvalue weighted by Crippen LogP contribution is -3.29. The van der Waals surface area contributed by atoms with Gasteiger partial charge in [-0.1, -0.05) is 6.92 Å². The lowest BCUT2D eigenvalue weighted by molar-refractivity contribution is -1.03. The van der Waals surface area contributed by atoms with Crippen LogP contribution in [0.15, 0.2) is 24.3 Å². The summed E-state index contributed by atoms with van der Waals surface area (Å²) in [7, 11) is 0. The number of nitrogens with zero attached hydrogens (tertiary/aromatic N) is 4. The number of tetrazole rings is 1. The van der Waals surface area contributed by atoms with Gasteiger partial charge in [0.05, 0.1) is 18.2 Å². The molecule has 7 heteroatoms. The molecule has 2 heterocycles. The molecule has 0 unspecified atom stereocenters. The van der Waals surface area contributed by atoms with Crippen LogP contribution in [0, 0.1) is 0 Å². The zero-order chi connectivity index (χ0) is 21.8. The molecule has 2 fully saturated rings. The first-order valence-corrected chi connectivity index (χ1v) is 12.2. The predicted molar refractivity (Wildman–Crippen MR) is 121 cm³/mol. The second kappa shape index (κ2) is 9.65. The zero-order valence-corrected chi connectivity index (χ0v) is 19.7. The number of rotatable bonds is 8. The van der Waals surface area contributed by atoms with Crippen molar-refractivity contribution in [2.75, 3.05) is 32.8 Å². The molecular formula is C24H40N6O+2. The molecule has 1 saturated heterocycles. The van der Waals surface area contributed by atoms with Gasteiger partial charge in [0.1, 0.15) is 31.9 Å². The number of nitrogens with one attached hydrogen (secondary N) is 2. The number of piperazine rings is 1. The Balaban J connectivity index is 1.62. The Labute approximate surface area is 186 Å². The number of aromatic nitrogens is 4. The molecule has 31 heavy (non-hydrogen) atoms. The number of quaternary nitrogens is 2. The van der Waals surface area contributed by atoms with Crippen LogP contribution >= 0.6 is 0 Å². The second-order valence-corrected chi connectivity index (χ2v) is 9.85. The van der Waals surface area contributed by atoms with Crippen molar-refractivity contribution in [3.05, 3.63) is 35.7 Å². The maximum atomic E-state index is 5.69. The third kappa shape index (κ3) is 4.77. The highest BCUT2D eigenvalue weighted by Crippen LogP contribution is 2.26. The molecule has 170 valence electrons. The highest BCUT2D eigenvalue weighted by atomic mass is 16.5. The summed E-state index contributed by atoms with van der Waals surface area (Å²) in [6.07, 6.45) is 6.64. The van der Waals surface area contributed by atoms with Gasteiger partial charge in [-0.15, -0.1) is 5.10 Å². The van der Waals surface area contributed by atoms with Crippen LogP contribution in [0.1, 0.15) is 77.2 Å². The third-order valence-electron chi connectivity index (χ3n) is 7.59. The fraction of sp³-hybridized carbons (Fsp3) is 0.708. The predicted octanol–water partition coefficient (Wildman–Crippen LogP) is 1.03. The Bertz CT molecular complexity index is 819. The van der Waals surface area contributed by atoms with E-state index in [-0.39, 0.29) is 11.6 Å². The van der Waals surface area contributed by atoms with Gasteiger partial charge in [-0.2, -0.15) is 0 Å². The van der Waals surface area contributed by atoms with Gasteiger partial charge < -0.3 is 14.5 Å². The van der Waals surface area contributed by atoms with E-state index in [0.29, 0.717) is 6.61 Å². The van der Waals surface area contributed by atoms with Gasteiger partial charge in [-0.3, -0.25) is 0 Å². The second-order valence-electron chi connectivity index (χ2n) is 9.85. The molecule has 1 aromatic heterocycles. The van der Waals surface area contributed by atoms with E-state index in [4.69, 9.17) is 4.74 Å². The summed E-state index contributed by atoms with van der Waals surface area (Å²) < 4.78 is 7.75. The maximum Gasteiger partial charge on any atom is 0.214 e. The molecule has 1 atom stereocenters. The molecule has 0 bridgehead atoms. The van der Waals surface area contributed by atoms with Crippen molar-refractivity contribution < 1.29 is 14.5 Å². The summed E-state index contributed by atoms with van der Waals surface area (Å²) in [6, 6.07) is 9.61. The lowest BCUT2D eigenvalue weighted by Gasteiger charge is -2.37. The quantitative estimate of drug-likeness (QED) is 0.659. The number of hydrogen-bond acceptors (Lipinski definition) is 4. The summed E-state index contributed by atoms with van der Waals surface area (Å²) in [5.41, 5.74) is 1.16. The molecule has 7 nitrogen and oxygen atoms in total. The van der Waals surface area contributed by atoms with Gasteiger partial charge in [0.15, 0.2) is 6.04 Å². The normalized spacial score (nSPS) is 23.7. The van der Waals surface area contributed by atoms with Crippen molar-refractivity contribution in [2.45, 2.75) is 77.4 Å². The third-order valence-corrected chi connectivity index (χ3v) is 7.59. The molecule has 1 saturated carbocycles. The average Bonchev–Trinajstić information content (AvgIpc) is 3.49. The van der Waals surface area contributed by atoms with Gasteiger partial charge in [0, 0.05) is 5.56 Å². The Hall–Kier alpha value is -1.99. The topological polar surface area (TPSA) is 61.7 Å². The van der Waals surface area contributed by atoms with Gasteiger partial charge in [0.2, 0.25) is 5.82 Å². The average molecular weight is 429 g/mol. The van der Waals surface area contributed by atoms with Gasteiger partial charge in [-0.05, 0) is 87.6 Å². The van der Waals surface area contributed by atoms with E-state index in [0.717, 1.165) is 37.1 Å². The van der Waals surface area contributed by atoms with Crippen LogP contribution in [0.3, 0.4) is 0 Å². The van der Waals surface area contributed by atoms with E-state index in [1.54, 1.807) is 4.90 Å². The van der Waals surface area contributed by atoms with E-state index in [1.165, 1.54) is 44.3 Å². The number of ether oxygens (including phenoxy) is 1. The van der Waals surface area contributed by atoms with Crippen LogP contribution in [0.25, 0.3) is 0 Å². The molecule has 0 spiro atoms. The minimum Gasteiger partial charge on any atom is -0.494 e. The Kier molecular flexibility index (Phi) is 6.92. The summed E-state index contributed by atoms with van der Waals surface area (Å²) >= 11 is 0. The van der Waals surface area contributed by atoms with Crippen LogP contribution < -0.4 is 14.5 Å². The molecule has 2 N–H and O–H groups in total. The molecule has 2 aromatic rings. The summed E-state index contributed by atoms with van der Waals surface area (Å²) in [5, 5.41) is 13.1. The van der Waals surface area contributed by atoms with Crippen LogP contribution in [0.5, 0.6) is 5.75 Å². The Morgan fingerprint density at radius 2 is 1.74 bits per heavy atom. The highest BCUT2D eigenvalue weighted by molar-refractivity contribution is 5.30. The van der Waals surface area contributed by atoms with Gasteiger partial charge in [-0.25, -0.2) is 4.68 Å². The molecule has 0 amide bonds. The molecule has 2 aliphatic rings. The van der Waals surface area contributed by atoms with E-state index < -0.39 is 0 Å². The first-order valence-electron chi connectivity index (χ1n) is 12.2. The fourth-order valence-corrected chi connectivity index (χ4v) is 5.37. The van der Waals surface area contributed by atoms with Crippen molar-refractivity contribution in [1.82, 2.24) is 20.2 Å². The van der Waals surface area contributed by atoms with E-state index in [1.807, 2.05) is 11.8 Å². The van der Waals surface area contributed by atoms with Crippen molar-refractivity contribution in [2.24, 2.45) is 0 Å². The minimum atomic E-state index is -0.112. The molecule has 1 aliphatic carbocycles. The monoisotopic (exact) mass is 428 g/mol. The fourth-order valence-electron chi connectivity index (χ4n) is 5.37. The smallest absolute Gasteiger partial charge is 0.214 e. The highest BCUT2D eigenvalue weighted by Gasteiger charge is 2.39. The lowest BCUT2D eigenvalue weighted by atomic mass is 9.99. The summed E-state index contributed by atoms with van der Waals surface area (Å²) in [6.45, 7) is 14.1. The van der Waals surface area contributed by atoms with Crippen molar-refractivity contribution in [1.29, 1.82) is 0 Å². The van der Waals surface area contributed by atoms with Crippen LogP contribution in [-0.4, -0.2) is 59.0 Å². The number of benzene rings is 1. The van der Waals surface area contributed by atoms with Crippen molar-refractivity contribution in [3.8, 4) is 5.75 Å². The van der Waals surface area contributed by atoms with Crippen molar-refractivity contribution in [3.63, 3.8) is 0 Å². The maximum absolute atomic E-state index is 5.69. The van der Waals surface area contributed by atoms with E-state index >= 15 is 0 Å². The molecular weight excluding hydrogens is 388 g/mol. The van der Waals surface area contributed by atoms with Gasteiger partial charge in [0.25, 0.3) is 0 Å². The van der Waals surface area contributed by atoms with Crippen molar-refractivity contribution >= 4 is 0 Å². The standard InChI is InChI=1S/C24H38N6O/c1-5-24(3,4)30-23(25-26-27-30)22(19-11-13-21(14-12-19)31-6-2)29-17-15-28(16-18-29)20-9-7-8-10-20/h11-14,20,22H,5-10,15-18H2,1-4H3/p+2/t22-/m0/s1. The van der Waals surface area contributed by atoms with Crippen LogP contribution in [-0.2, 0) is 5.54 Å². The summed E-state index contributed by atoms with van der Waals surface area (Å²) in [4.78, 5) is 3.40. The molecule has 1 aromatic carbocycles. The first-order chi connectivity index (χ1) is 15.0. The SMILES string of the molecule is CCOc1ccc([C@@H](c2nnnn2C(C)(C)CC)[NH+]2CC[NH+](C3CCCC3)CC2)cc1.